The maximum atomic E-state index is 0. The monoisotopic (exact) mass is 162 g/mol. The maximum Gasteiger partial charge on any atom is 4.00 e. The Morgan fingerprint density at radius 1 is 0.500 bits per heavy atom. The summed E-state index contributed by atoms with van der Waals surface area (Å²) < 4.78 is 0. The summed E-state index contributed by atoms with van der Waals surface area (Å²) in [6.07, 6.45) is 0. The second-order valence-electron chi connectivity index (χ2n) is 0. The molecular formula is H2O4Ti2+2. The van der Waals surface area contributed by atoms with Crippen LogP contribution in [0.4, 0.5) is 0 Å². The van der Waals surface area contributed by atoms with Crippen LogP contribution >= 0.6 is 0 Å². The summed E-state index contributed by atoms with van der Waals surface area (Å²) >= 11 is 0. The fourth-order valence-electron chi connectivity index (χ4n) is 0. The molecule has 0 spiro atoms. The molecule has 6 heavy (non-hydrogen) atoms. The van der Waals surface area contributed by atoms with E-state index in [2.05, 4.69) is 0 Å². The summed E-state index contributed by atoms with van der Waals surface area (Å²) in [5.41, 5.74) is 0. The number of hydrogen-bond donors (Lipinski definition) is 0. The van der Waals surface area contributed by atoms with Gasteiger partial charge in [0.25, 0.3) is 0 Å². The van der Waals surface area contributed by atoms with Crippen LogP contribution in [0.15, 0.2) is 0 Å². The summed E-state index contributed by atoms with van der Waals surface area (Å²) in [5, 5.41) is 0. The molecule has 0 aromatic carbocycles. The molecule has 0 saturated heterocycles. The molecule has 0 bridgehead atoms. The van der Waals surface area contributed by atoms with E-state index in [-0.39, 0.29) is 65.3 Å². The van der Waals surface area contributed by atoms with Crippen LogP contribution in [0.25, 0.3) is 0 Å². The van der Waals surface area contributed by atoms with Crippen molar-refractivity contribution in [2.75, 3.05) is 0 Å². The van der Waals surface area contributed by atoms with Crippen LogP contribution in [0.5, 0.6) is 0 Å². The first kappa shape index (κ1) is 177. The van der Waals surface area contributed by atoms with Crippen LogP contribution in [0.1, 0.15) is 0 Å². The minimum Gasteiger partial charge on any atom is -2.00 e. The van der Waals surface area contributed by atoms with Crippen molar-refractivity contribution in [3.05, 3.63) is 0 Å². The zero-order chi connectivity index (χ0) is 0. The van der Waals surface area contributed by atoms with E-state index in [1.165, 1.54) is 0 Å². The normalized spacial score (nSPS) is 0. The summed E-state index contributed by atoms with van der Waals surface area (Å²) in [6, 6.07) is 0. The third kappa shape index (κ3) is 59.7. The van der Waals surface area contributed by atoms with Crippen molar-refractivity contribution in [3.8, 4) is 0 Å². The van der Waals surface area contributed by atoms with E-state index < -0.39 is 0 Å². The smallest absolute Gasteiger partial charge is 2.00 e. The standard InChI is InChI=1S/H2O.3O.2Ti/h1H2;;;;;/q;3*-2;2*+4. The van der Waals surface area contributed by atoms with Gasteiger partial charge in [-0.3, -0.25) is 0 Å². The van der Waals surface area contributed by atoms with Gasteiger partial charge in [-0.1, -0.05) is 0 Å². The molecule has 0 aromatic heterocycles. The van der Waals surface area contributed by atoms with E-state index >= 15 is 0 Å². The molecule has 0 rings (SSSR count). The van der Waals surface area contributed by atoms with Gasteiger partial charge < -0.3 is 21.9 Å². The molecule has 0 aliphatic carbocycles. The van der Waals surface area contributed by atoms with Crippen LogP contribution in [-0.4, -0.2) is 5.48 Å². The average molecular weight is 162 g/mol. The first-order valence-corrected chi connectivity index (χ1v) is 0. The zero-order valence-corrected chi connectivity index (χ0v) is 5.85. The molecule has 0 fully saturated rings. The van der Waals surface area contributed by atoms with Crippen molar-refractivity contribution < 1.29 is 65.3 Å². The third-order valence-electron chi connectivity index (χ3n) is 0. The molecule has 32 valence electrons. The topological polar surface area (TPSA) is 117 Å². The van der Waals surface area contributed by atoms with Crippen LogP contribution in [0, 0.1) is 0 Å². The van der Waals surface area contributed by atoms with E-state index in [4.69, 9.17) is 0 Å². The van der Waals surface area contributed by atoms with Gasteiger partial charge in [0.05, 0.1) is 0 Å². The Bertz CT molecular complexity index is 5.51. The first-order valence-electron chi connectivity index (χ1n) is 0. The predicted octanol–water partition coefficient (Wildman–Crippen LogP) is -1.19. The van der Waals surface area contributed by atoms with E-state index in [9.17, 15) is 0 Å². The molecule has 0 amide bonds. The number of rotatable bonds is 0. The van der Waals surface area contributed by atoms with Gasteiger partial charge in [0.2, 0.25) is 0 Å². The summed E-state index contributed by atoms with van der Waals surface area (Å²) in [6.45, 7) is 0. The minimum absolute atomic E-state index is 0. The van der Waals surface area contributed by atoms with E-state index in [0.717, 1.165) is 0 Å². The molecule has 4 nitrogen and oxygen atoms in total. The molecule has 0 atom stereocenters. The maximum absolute atomic E-state index is 0. The van der Waals surface area contributed by atoms with Gasteiger partial charge in [-0.05, 0) is 0 Å². The van der Waals surface area contributed by atoms with Crippen LogP contribution in [0.2, 0.25) is 0 Å². The molecular weight excluding hydrogens is 160 g/mol. The quantitative estimate of drug-likeness (QED) is 0.398. The molecule has 0 unspecified atom stereocenters. The van der Waals surface area contributed by atoms with Crippen molar-refractivity contribution in [2.24, 2.45) is 0 Å². The second-order valence-corrected chi connectivity index (χ2v) is 0. The molecule has 0 aromatic rings. The second kappa shape index (κ2) is 108. The van der Waals surface area contributed by atoms with Crippen molar-refractivity contribution in [2.45, 2.75) is 0 Å². The van der Waals surface area contributed by atoms with E-state index in [1.807, 2.05) is 0 Å². The molecule has 0 heterocycles. The Morgan fingerprint density at radius 3 is 0.500 bits per heavy atom. The largest absolute Gasteiger partial charge is 4.00 e. The van der Waals surface area contributed by atoms with E-state index in [0.29, 0.717) is 0 Å². The van der Waals surface area contributed by atoms with Gasteiger partial charge in [0, 0.05) is 0 Å². The Morgan fingerprint density at radius 2 is 0.500 bits per heavy atom. The van der Waals surface area contributed by atoms with Gasteiger partial charge in [-0.2, -0.15) is 0 Å². The van der Waals surface area contributed by atoms with Crippen molar-refractivity contribution >= 4 is 0 Å². The fourth-order valence-corrected chi connectivity index (χ4v) is 0. The van der Waals surface area contributed by atoms with Gasteiger partial charge in [-0.15, -0.1) is 0 Å². The van der Waals surface area contributed by atoms with Crippen LogP contribution < -0.4 is 0 Å². The summed E-state index contributed by atoms with van der Waals surface area (Å²) in [4.78, 5) is 0. The molecule has 2 N–H and O–H groups in total. The molecule has 6 heteroatoms. The predicted molar refractivity (Wildman–Crippen MR) is 5.67 cm³/mol. The summed E-state index contributed by atoms with van der Waals surface area (Å²) in [7, 11) is 0. The Kier molecular flexibility index (Phi) is 3200. The van der Waals surface area contributed by atoms with Crippen molar-refractivity contribution in [1.29, 1.82) is 0 Å². The van der Waals surface area contributed by atoms with Crippen LogP contribution in [-0.2, 0) is 59.9 Å². The third-order valence-corrected chi connectivity index (χ3v) is 0. The zero-order valence-electron chi connectivity index (χ0n) is 2.72. The van der Waals surface area contributed by atoms with E-state index in [1.54, 1.807) is 0 Å². The molecule has 0 radical (unpaired) electrons. The Balaban J connectivity index is 0. The van der Waals surface area contributed by atoms with Gasteiger partial charge >= 0.3 is 43.4 Å². The average Bonchev–Trinajstić information content (AvgIpc) is 0. The molecule has 0 saturated carbocycles. The van der Waals surface area contributed by atoms with Crippen molar-refractivity contribution in [1.82, 2.24) is 0 Å². The SMILES string of the molecule is O.[O-2].[O-2].[O-2].[Ti+4].[Ti+4]. The molecule has 0 aliphatic heterocycles. The Labute approximate surface area is 65.3 Å². The van der Waals surface area contributed by atoms with Gasteiger partial charge in [0.1, 0.15) is 0 Å². The van der Waals surface area contributed by atoms with Gasteiger partial charge in [0.15, 0.2) is 0 Å². The summed E-state index contributed by atoms with van der Waals surface area (Å²) in [5.74, 6) is 0. The number of hydrogen-bond acceptors (Lipinski definition) is 0. The minimum atomic E-state index is 0. The Hall–Kier alpha value is 1.27. The molecule has 0 aliphatic rings. The van der Waals surface area contributed by atoms with Crippen molar-refractivity contribution in [3.63, 3.8) is 0 Å². The first-order chi connectivity index (χ1) is 0. The van der Waals surface area contributed by atoms with Gasteiger partial charge in [-0.25, -0.2) is 0 Å². The van der Waals surface area contributed by atoms with Crippen LogP contribution in [0.3, 0.4) is 0 Å². The fraction of sp³-hybridized carbons (Fsp3) is 0.